The van der Waals surface area contributed by atoms with Crippen LogP contribution in [-0.2, 0) is 12.7 Å². The van der Waals surface area contributed by atoms with Crippen LogP contribution in [0.3, 0.4) is 0 Å². The summed E-state index contributed by atoms with van der Waals surface area (Å²) in [4.78, 5) is 16.8. The molecule has 0 aliphatic heterocycles. The summed E-state index contributed by atoms with van der Waals surface area (Å²) in [7, 11) is 3.05. The van der Waals surface area contributed by atoms with Crippen LogP contribution in [0.2, 0.25) is 0 Å². The highest BCUT2D eigenvalue weighted by molar-refractivity contribution is 7.20. The first-order chi connectivity index (χ1) is 13.2. The molecule has 0 aliphatic carbocycles. The number of rotatable bonds is 5. The van der Waals surface area contributed by atoms with Crippen molar-refractivity contribution in [3.63, 3.8) is 0 Å². The van der Waals surface area contributed by atoms with Crippen molar-refractivity contribution in [1.82, 2.24) is 10.3 Å². The minimum Gasteiger partial charge on any atom is -0.497 e. The fourth-order valence-electron chi connectivity index (χ4n) is 2.73. The largest absolute Gasteiger partial charge is 0.497 e. The van der Waals surface area contributed by atoms with Gasteiger partial charge in [0.15, 0.2) is 0 Å². The number of alkyl halides is 3. The van der Waals surface area contributed by atoms with Crippen molar-refractivity contribution in [2.75, 3.05) is 14.2 Å². The van der Waals surface area contributed by atoms with Gasteiger partial charge in [-0.3, -0.25) is 4.79 Å². The van der Waals surface area contributed by atoms with Crippen molar-refractivity contribution in [3.05, 3.63) is 52.0 Å². The van der Waals surface area contributed by atoms with Gasteiger partial charge in [0, 0.05) is 23.6 Å². The van der Waals surface area contributed by atoms with Gasteiger partial charge in [-0.2, -0.15) is 13.2 Å². The molecule has 0 saturated heterocycles. The molecule has 28 heavy (non-hydrogen) atoms. The van der Waals surface area contributed by atoms with Crippen molar-refractivity contribution < 1.29 is 27.4 Å². The normalized spacial score (nSPS) is 11.5. The Hall–Kier alpha value is -2.81. The monoisotopic (exact) mass is 410 g/mol. The molecule has 3 rings (SSSR count). The van der Waals surface area contributed by atoms with Gasteiger partial charge in [-0.25, -0.2) is 4.98 Å². The SMILES string of the molecule is COc1ccc(CNC(=O)c2sc3nc(C(F)(F)F)ccc3c2C)c(OC)c1. The molecule has 0 saturated carbocycles. The number of nitrogens with zero attached hydrogens (tertiary/aromatic N) is 1. The summed E-state index contributed by atoms with van der Waals surface area (Å²) in [5.41, 5.74) is 0.365. The van der Waals surface area contributed by atoms with E-state index >= 15 is 0 Å². The molecule has 2 aromatic heterocycles. The Bertz CT molecular complexity index is 1030. The van der Waals surface area contributed by atoms with Gasteiger partial charge in [0.25, 0.3) is 5.91 Å². The molecular weight excluding hydrogens is 393 g/mol. The number of benzene rings is 1. The van der Waals surface area contributed by atoms with Crippen LogP contribution >= 0.6 is 11.3 Å². The number of thiophene rings is 1. The summed E-state index contributed by atoms with van der Waals surface area (Å²) in [5, 5.41) is 3.31. The summed E-state index contributed by atoms with van der Waals surface area (Å²) in [6, 6.07) is 7.49. The van der Waals surface area contributed by atoms with E-state index in [1.807, 2.05) is 0 Å². The maximum atomic E-state index is 12.9. The lowest BCUT2D eigenvalue weighted by atomic mass is 10.1. The topological polar surface area (TPSA) is 60.5 Å². The maximum Gasteiger partial charge on any atom is 0.433 e. The van der Waals surface area contributed by atoms with Crippen LogP contribution in [0.25, 0.3) is 10.2 Å². The van der Waals surface area contributed by atoms with E-state index in [-0.39, 0.29) is 17.3 Å². The quantitative estimate of drug-likeness (QED) is 0.669. The molecule has 148 valence electrons. The predicted molar refractivity (Wildman–Crippen MR) is 100 cm³/mol. The zero-order chi connectivity index (χ0) is 20.5. The number of aromatic nitrogens is 1. The summed E-state index contributed by atoms with van der Waals surface area (Å²) in [5.74, 6) is 0.801. The minimum atomic E-state index is -4.53. The Kier molecular flexibility index (Phi) is 5.46. The molecule has 0 radical (unpaired) electrons. The molecular formula is C19H17F3N2O3S. The number of hydrogen-bond donors (Lipinski definition) is 1. The van der Waals surface area contributed by atoms with E-state index < -0.39 is 11.9 Å². The Morgan fingerprint density at radius 3 is 2.57 bits per heavy atom. The van der Waals surface area contributed by atoms with Gasteiger partial charge in [0.05, 0.1) is 19.1 Å². The standard InChI is InChI=1S/C19H17F3N2O3S/c1-10-13-6-7-15(19(20,21)22)24-18(13)28-16(10)17(25)23-9-11-4-5-12(26-2)8-14(11)27-3/h4-8H,9H2,1-3H3,(H,23,25). The Labute approximate surface area is 163 Å². The second kappa shape index (κ2) is 7.67. The number of pyridine rings is 1. The number of amides is 1. The average molecular weight is 410 g/mol. The number of carbonyl (C=O) groups excluding carboxylic acids is 1. The van der Waals surface area contributed by atoms with Crippen LogP contribution in [0.1, 0.15) is 26.5 Å². The molecule has 0 unspecified atom stereocenters. The Morgan fingerprint density at radius 2 is 1.93 bits per heavy atom. The lowest BCUT2D eigenvalue weighted by Crippen LogP contribution is -2.22. The molecule has 5 nitrogen and oxygen atoms in total. The van der Waals surface area contributed by atoms with Crippen LogP contribution in [0.4, 0.5) is 13.2 Å². The second-order valence-corrected chi connectivity index (χ2v) is 6.96. The van der Waals surface area contributed by atoms with E-state index in [2.05, 4.69) is 10.3 Å². The lowest BCUT2D eigenvalue weighted by Gasteiger charge is -2.11. The van der Waals surface area contributed by atoms with Gasteiger partial charge in [0.1, 0.15) is 22.0 Å². The van der Waals surface area contributed by atoms with E-state index in [1.165, 1.54) is 13.2 Å². The highest BCUT2D eigenvalue weighted by Crippen LogP contribution is 2.34. The first kappa shape index (κ1) is 19.9. The summed E-state index contributed by atoms with van der Waals surface area (Å²) >= 11 is 0.939. The molecule has 0 aliphatic rings. The molecule has 0 bridgehead atoms. The zero-order valence-corrected chi connectivity index (χ0v) is 16.1. The third-order valence-corrected chi connectivity index (χ3v) is 5.43. The number of halogens is 3. The van der Waals surface area contributed by atoms with E-state index in [0.717, 1.165) is 23.0 Å². The predicted octanol–water partition coefficient (Wildman–Crippen LogP) is 4.57. The van der Waals surface area contributed by atoms with E-state index in [4.69, 9.17) is 9.47 Å². The Balaban J connectivity index is 1.83. The van der Waals surface area contributed by atoms with Crippen molar-refractivity contribution in [2.45, 2.75) is 19.6 Å². The molecule has 0 atom stereocenters. The lowest BCUT2D eigenvalue weighted by molar-refractivity contribution is -0.140. The summed E-state index contributed by atoms with van der Waals surface area (Å²) < 4.78 is 49.0. The van der Waals surface area contributed by atoms with E-state index in [1.54, 1.807) is 32.2 Å². The van der Waals surface area contributed by atoms with Gasteiger partial charge in [-0.1, -0.05) is 0 Å². The van der Waals surface area contributed by atoms with Crippen molar-refractivity contribution in [3.8, 4) is 11.5 Å². The molecule has 1 aromatic carbocycles. The number of ether oxygens (including phenoxy) is 2. The van der Waals surface area contributed by atoms with Gasteiger partial charge in [0.2, 0.25) is 0 Å². The molecule has 0 spiro atoms. The third-order valence-electron chi connectivity index (χ3n) is 4.23. The molecule has 3 aromatic rings. The van der Waals surface area contributed by atoms with Crippen molar-refractivity contribution in [2.24, 2.45) is 0 Å². The van der Waals surface area contributed by atoms with Crippen molar-refractivity contribution in [1.29, 1.82) is 0 Å². The van der Waals surface area contributed by atoms with Crippen LogP contribution in [0.15, 0.2) is 30.3 Å². The molecule has 1 N–H and O–H groups in total. The first-order valence-electron chi connectivity index (χ1n) is 8.21. The number of carbonyl (C=O) groups is 1. The molecule has 2 heterocycles. The summed E-state index contributed by atoms with van der Waals surface area (Å²) in [6.45, 7) is 1.89. The first-order valence-corrected chi connectivity index (χ1v) is 9.02. The number of methoxy groups -OCH3 is 2. The maximum absolute atomic E-state index is 12.9. The van der Waals surface area contributed by atoms with Gasteiger partial charge in [-0.05, 0) is 36.8 Å². The molecule has 9 heteroatoms. The van der Waals surface area contributed by atoms with Crippen LogP contribution in [-0.4, -0.2) is 25.1 Å². The second-order valence-electron chi connectivity index (χ2n) is 5.96. The number of nitrogens with one attached hydrogen (secondary N) is 1. The number of aryl methyl sites for hydroxylation is 1. The fraction of sp³-hybridized carbons (Fsp3) is 0.263. The third kappa shape index (κ3) is 3.89. The smallest absolute Gasteiger partial charge is 0.433 e. The fourth-order valence-corrected chi connectivity index (χ4v) is 3.82. The van der Waals surface area contributed by atoms with Gasteiger partial charge in [-0.15, -0.1) is 11.3 Å². The zero-order valence-electron chi connectivity index (χ0n) is 15.3. The summed E-state index contributed by atoms with van der Waals surface area (Å²) in [6.07, 6.45) is -4.53. The van der Waals surface area contributed by atoms with Crippen LogP contribution in [0.5, 0.6) is 11.5 Å². The average Bonchev–Trinajstić information content (AvgIpc) is 3.01. The minimum absolute atomic E-state index is 0.180. The van der Waals surface area contributed by atoms with E-state index in [0.29, 0.717) is 27.3 Å². The van der Waals surface area contributed by atoms with Gasteiger partial charge < -0.3 is 14.8 Å². The van der Waals surface area contributed by atoms with E-state index in [9.17, 15) is 18.0 Å². The number of fused-ring (bicyclic) bond motifs is 1. The highest BCUT2D eigenvalue weighted by atomic mass is 32.1. The molecule has 0 fully saturated rings. The van der Waals surface area contributed by atoms with Crippen LogP contribution in [0, 0.1) is 6.92 Å². The van der Waals surface area contributed by atoms with Crippen molar-refractivity contribution >= 4 is 27.5 Å². The Morgan fingerprint density at radius 1 is 1.18 bits per heavy atom. The molecule has 1 amide bonds. The van der Waals surface area contributed by atoms with Gasteiger partial charge >= 0.3 is 6.18 Å². The van der Waals surface area contributed by atoms with Crippen LogP contribution < -0.4 is 14.8 Å². The highest BCUT2D eigenvalue weighted by Gasteiger charge is 2.33. The number of hydrogen-bond acceptors (Lipinski definition) is 5.